The molecule has 0 aliphatic carbocycles. The van der Waals surface area contributed by atoms with Gasteiger partial charge in [0.2, 0.25) is 5.91 Å². The van der Waals surface area contributed by atoms with E-state index < -0.39 is 23.5 Å². The van der Waals surface area contributed by atoms with Crippen molar-refractivity contribution in [1.82, 2.24) is 14.8 Å². The van der Waals surface area contributed by atoms with Crippen LogP contribution < -0.4 is 4.90 Å². The van der Waals surface area contributed by atoms with Crippen LogP contribution in [0, 0.1) is 0 Å². The molecule has 1 aromatic heterocycles. The van der Waals surface area contributed by atoms with Crippen LogP contribution in [0.3, 0.4) is 0 Å². The minimum Gasteiger partial charge on any atom is -0.347 e. The summed E-state index contributed by atoms with van der Waals surface area (Å²) in [6, 6.07) is 6.31. The molecule has 2 unspecified atom stereocenters. The number of alkyl halides is 6. The molecule has 2 saturated heterocycles. The maximum atomic E-state index is 13.2. The van der Waals surface area contributed by atoms with Crippen molar-refractivity contribution >= 4 is 28.9 Å². The number of anilines is 1. The van der Waals surface area contributed by atoms with Crippen LogP contribution >= 0.6 is 11.6 Å². The highest BCUT2D eigenvalue weighted by Crippen LogP contribution is 2.38. The van der Waals surface area contributed by atoms with Crippen LogP contribution in [0.2, 0.25) is 5.02 Å². The minimum absolute atomic E-state index is 0.0220. The zero-order valence-corrected chi connectivity index (χ0v) is 21.7. The van der Waals surface area contributed by atoms with E-state index in [0.717, 1.165) is 43.2 Å². The number of fused-ring (bicyclic) bond motifs is 2. The summed E-state index contributed by atoms with van der Waals surface area (Å²) in [4.78, 5) is 23.1. The Morgan fingerprint density at radius 2 is 1.72 bits per heavy atom. The normalized spacial score (nSPS) is 22.6. The van der Waals surface area contributed by atoms with E-state index in [1.807, 2.05) is 15.9 Å². The number of benzene rings is 1. The molecule has 210 valence electrons. The first-order chi connectivity index (χ1) is 18.4. The monoisotopic (exact) mass is 572 g/mol. The average Bonchev–Trinajstić information content (AvgIpc) is 2.87. The quantitative estimate of drug-likeness (QED) is 0.413. The molecule has 2 atom stereocenters. The molecule has 3 aliphatic rings. The second-order valence-electron chi connectivity index (χ2n) is 10.3. The topological polar surface area (TPSA) is 39.7 Å². The number of hydrogen-bond acceptors (Lipinski definition) is 4. The van der Waals surface area contributed by atoms with Gasteiger partial charge in [0.1, 0.15) is 5.82 Å². The number of piperidine rings is 1. The smallest absolute Gasteiger partial charge is 0.347 e. The first-order valence-corrected chi connectivity index (χ1v) is 13.2. The molecule has 1 aromatic carbocycles. The lowest BCUT2D eigenvalue weighted by Gasteiger charge is -2.51. The number of aromatic nitrogens is 1. The number of nitrogens with zero attached hydrogens (tertiary/aromatic N) is 4. The highest BCUT2D eigenvalue weighted by molar-refractivity contribution is 6.31. The molecule has 12 heteroatoms. The van der Waals surface area contributed by atoms with Crippen molar-refractivity contribution in [3.8, 4) is 0 Å². The Morgan fingerprint density at radius 1 is 1.00 bits per heavy atom. The van der Waals surface area contributed by atoms with Gasteiger partial charge >= 0.3 is 12.4 Å². The molecular weight excluding hydrogens is 546 g/mol. The fourth-order valence-electron chi connectivity index (χ4n) is 5.74. The fourth-order valence-corrected chi connectivity index (χ4v) is 5.97. The summed E-state index contributed by atoms with van der Waals surface area (Å²) in [6.07, 6.45) is -3.15. The van der Waals surface area contributed by atoms with E-state index in [1.54, 1.807) is 6.07 Å². The van der Waals surface area contributed by atoms with Crippen LogP contribution in [-0.2, 0) is 17.1 Å². The lowest BCUT2D eigenvalue weighted by molar-refractivity contribution is -0.138. The number of piperazine rings is 1. The van der Waals surface area contributed by atoms with Crippen molar-refractivity contribution in [2.45, 2.75) is 50.1 Å². The Bertz CT molecular complexity index is 1230. The fraction of sp³-hybridized carbons (Fsp3) is 0.481. The second-order valence-corrected chi connectivity index (χ2v) is 10.7. The number of hydrogen-bond donors (Lipinski definition) is 0. The average molecular weight is 573 g/mol. The number of likely N-dealkylation sites (tertiary alicyclic amines) is 1. The SMILES string of the molecule is O=C(CN1CC=C(c2ccc(Cl)c(C(F)(F)F)c2)CC1)N1CC2CCCC(C1)N2c1ccc(C(F)(F)F)cn1. The van der Waals surface area contributed by atoms with Gasteiger partial charge in [-0.15, -0.1) is 0 Å². The first kappa shape index (κ1) is 27.8. The predicted molar refractivity (Wildman–Crippen MR) is 135 cm³/mol. The van der Waals surface area contributed by atoms with Crippen molar-refractivity contribution in [2.75, 3.05) is 37.6 Å². The third-order valence-corrected chi connectivity index (χ3v) is 8.04. The molecule has 0 saturated carbocycles. The van der Waals surface area contributed by atoms with Crippen molar-refractivity contribution in [2.24, 2.45) is 0 Å². The van der Waals surface area contributed by atoms with Crippen molar-refractivity contribution in [1.29, 1.82) is 0 Å². The summed E-state index contributed by atoms with van der Waals surface area (Å²) >= 11 is 5.74. The zero-order chi connectivity index (χ0) is 27.9. The van der Waals surface area contributed by atoms with Gasteiger partial charge in [-0.1, -0.05) is 23.7 Å². The number of halogens is 7. The minimum atomic E-state index is -4.54. The Hall–Kier alpha value is -2.79. The standard InChI is InChI=1S/C27H27ClF6N4O/c28-23-6-4-18(12-22(23)27(32,33)34)17-8-10-36(11-9-17)16-25(39)37-14-20-2-1-3-21(15-37)38(20)24-7-5-19(13-35-24)26(29,30)31/h4-8,12-13,20-21H,1-3,9-11,14-16H2. The first-order valence-electron chi connectivity index (χ1n) is 12.8. The van der Waals surface area contributed by atoms with Gasteiger partial charge in [-0.3, -0.25) is 9.69 Å². The van der Waals surface area contributed by atoms with E-state index in [0.29, 0.717) is 44.0 Å². The summed E-state index contributed by atoms with van der Waals surface area (Å²) in [5.41, 5.74) is -0.399. The van der Waals surface area contributed by atoms with Gasteiger partial charge in [0, 0.05) is 44.5 Å². The summed E-state index contributed by atoms with van der Waals surface area (Å²) in [6.45, 7) is 2.10. The summed E-state index contributed by atoms with van der Waals surface area (Å²) < 4.78 is 78.6. The number of rotatable bonds is 4. The number of carbonyl (C=O) groups is 1. The van der Waals surface area contributed by atoms with E-state index in [9.17, 15) is 31.1 Å². The lowest BCUT2D eigenvalue weighted by atomic mass is 9.91. The zero-order valence-electron chi connectivity index (χ0n) is 20.9. The molecule has 3 aliphatic heterocycles. The molecule has 5 nitrogen and oxygen atoms in total. The lowest BCUT2D eigenvalue weighted by Crippen LogP contribution is -2.63. The van der Waals surface area contributed by atoms with E-state index in [1.165, 1.54) is 12.1 Å². The van der Waals surface area contributed by atoms with Gasteiger partial charge in [0.15, 0.2) is 0 Å². The molecule has 2 aromatic rings. The van der Waals surface area contributed by atoms with Crippen molar-refractivity contribution in [3.05, 3.63) is 64.3 Å². The molecule has 1 amide bonds. The summed E-state index contributed by atoms with van der Waals surface area (Å²) in [5, 5.41) is -0.339. The third-order valence-electron chi connectivity index (χ3n) is 7.71. The van der Waals surface area contributed by atoms with Gasteiger partial charge in [-0.05, 0) is 61.1 Å². The maximum absolute atomic E-state index is 13.2. The third kappa shape index (κ3) is 6.04. The Labute approximate surface area is 227 Å². The van der Waals surface area contributed by atoms with E-state index >= 15 is 0 Å². The number of pyridine rings is 1. The van der Waals surface area contributed by atoms with Crippen LogP contribution in [-0.4, -0.2) is 65.5 Å². The molecule has 4 heterocycles. The van der Waals surface area contributed by atoms with Crippen molar-refractivity contribution in [3.63, 3.8) is 0 Å². The van der Waals surface area contributed by atoms with Crippen LogP contribution in [0.15, 0.2) is 42.6 Å². The molecule has 0 radical (unpaired) electrons. The Kier molecular flexibility index (Phi) is 7.58. The van der Waals surface area contributed by atoms with Crippen LogP contribution in [0.1, 0.15) is 42.4 Å². The van der Waals surface area contributed by atoms with Gasteiger partial charge in [-0.2, -0.15) is 26.3 Å². The van der Waals surface area contributed by atoms with Gasteiger partial charge in [0.25, 0.3) is 0 Å². The Balaban J connectivity index is 1.21. The highest BCUT2D eigenvalue weighted by Gasteiger charge is 2.40. The van der Waals surface area contributed by atoms with E-state index in [-0.39, 0.29) is 29.6 Å². The summed E-state index contributed by atoms with van der Waals surface area (Å²) in [5.74, 6) is 0.462. The molecule has 2 bridgehead atoms. The largest absolute Gasteiger partial charge is 0.417 e. The molecular formula is C27H27ClF6N4O. The van der Waals surface area contributed by atoms with Gasteiger partial charge in [-0.25, -0.2) is 4.98 Å². The highest BCUT2D eigenvalue weighted by atomic mass is 35.5. The van der Waals surface area contributed by atoms with Gasteiger partial charge in [0.05, 0.1) is 22.7 Å². The van der Waals surface area contributed by atoms with E-state index in [4.69, 9.17) is 11.6 Å². The van der Waals surface area contributed by atoms with E-state index in [2.05, 4.69) is 9.88 Å². The van der Waals surface area contributed by atoms with Crippen LogP contribution in [0.4, 0.5) is 32.2 Å². The van der Waals surface area contributed by atoms with Crippen LogP contribution in [0.25, 0.3) is 5.57 Å². The van der Waals surface area contributed by atoms with Crippen molar-refractivity contribution < 1.29 is 31.1 Å². The number of amides is 1. The molecule has 5 rings (SSSR count). The molecule has 0 N–H and O–H groups in total. The predicted octanol–water partition coefficient (Wildman–Crippen LogP) is 6.13. The second kappa shape index (κ2) is 10.6. The molecule has 39 heavy (non-hydrogen) atoms. The molecule has 2 fully saturated rings. The van der Waals surface area contributed by atoms with Crippen LogP contribution in [0.5, 0.6) is 0 Å². The molecule has 0 spiro atoms. The Morgan fingerprint density at radius 3 is 2.28 bits per heavy atom. The maximum Gasteiger partial charge on any atom is 0.417 e. The number of carbonyl (C=O) groups excluding carboxylic acids is 1. The summed E-state index contributed by atoms with van der Waals surface area (Å²) in [7, 11) is 0. The van der Waals surface area contributed by atoms with Gasteiger partial charge < -0.3 is 9.80 Å².